The molecule has 0 spiro atoms. The second-order valence-electron chi connectivity index (χ2n) is 2.38. The zero-order chi connectivity index (χ0) is 9.28. The first-order valence-corrected chi connectivity index (χ1v) is 4.93. The first kappa shape index (κ1) is 10.4. The molecule has 0 bridgehead atoms. The molecule has 0 fully saturated rings. The van der Waals surface area contributed by atoms with E-state index in [0.717, 1.165) is 6.26 Å². The summed E-state index contributed by atoms with van der Waals surface area (Å²) in [5.74, 6) is -1.01. The lowest BCUT2D eigenvalue weighted by atomic mass is 10.2. The monoisotopic (exact) mass is 180 g/mol. The highest BCUT2D eigenvalue weighted by molar-refractivity contribution is 7.92. The number of amides is 1. The molecule has 0 aromatic rings. The third-order valence-electron chi connectivity index (χ3n) is 1.60. The van der Waals surface area contributed by atoms with Crippen LogP contribution in [0.2, 0.25) is 0 Å². The van der Waals surface area contributed by atoms with Crippen molar-refractivity contribution in [1.29, 1.82) is 0 Å². The van der Waals surface area contributed by atoms with E-state index in [0.29, 0.717) is 0 Å². The number of primary amides is 1. The lowest BCUT2D eigenvalue weighted by Gasteiger charge is -2.21. The summed E-state index contributed by atoms with van der Waals surface area (Å²) in [6.07, 6.45) is 0.877. The molecule has 1 unspecified atom stereocenters. The normalized spacial score (nSPS) is 17.4. The van der Waals surface area contributed by atoms with Crippen molar-refractivity contribution in [3.8, 4) is 0 Å². The van der Waals surface area contributed by atoms with Gasteiger partial charge in [-0.15, -0.1) is 0 Å². The van der Waals surface area contributed by atoms with Gasteiger partial charge in [0.2, 0.25) is 0 Å². The van der Waals surface area contributed by atoms with E-state index in [1.165, 1.54) is 6.92 Å². The lowest BCUT2D eigenvalue weighted by Crippen LogP contribution is -2.57. The van der Waals surface area contributed by atoms with Gasteiger partial charge in [0.15, 0.2) is 14.7 Å². The van der Waals surface area contributed by atoms with Crippen LogP contribution in [0.25, 0.3) is 0 Å². The van der Waals surface area contributed by atoms with Crippen LogP contribution in [-0.4, -0.2) is 25.5 Å². The molecule has 66 valence electrons. The molecule has 1 amide bonds. The molecule has 5 nitrogen and oxygen atoms in total. The molecule has 6 heteroatoms. The fourth-order valence-corrected chi connectivity index (χ4v) is 1.51. The highest BCUT2D eigenvalue weighted by Gasteiger charge is 2.40. The van der Waals surface area contributed by atoms with Crippen molar-refractivity contribution in [2.45, 2.75) is 18.2 Å². The summed E-state index contributed by atoms with van der Waals surface area (Å²) in [6, 6.07) is 0. The van der Waals surface area contributed by atoms with Gasteiger partial charge in [-0.3, -0.25) is 4.79 Å². The Morgan fingerprint density at radius 2 is 1.91 bits per heavy atom. The van der Waals surface area contributed by atoms with Crippen LogP contribution in [0.4, 0.5) is 0 Å². The van der Waals surface area contributed by atoms with E-state index < -0.39 is 20.6 Å². The van der Waals surface area contributed by atoms with E-state index in [-0.39, 0.29) is 6.42 Å². The molecule has 0 rings (SSSR count). The van der Waals surface area contributed by atoms with Crippen LogP contribution >= 0.6 is 0 Å². The van der Waals surface area contributed by atoms with Gasteiger partial charge in [0.1, 0.15) is 0 Å². The summed E-state index contributed by atoms with van der Waals surface area (Å²) in [4.78, 5) is 8.71. The Bertz CT molecular complexity index is 259. The van der Waals surface area contributed by atoms with Crippen LogP contribution in [0.15, 0.2) is 0 Å². The molecular weight excluding hydrogens is 168 g/mol. The van der Waals surface area contributed by atoms with Crippen molar-refractivity contribution in [2.24, 2.45) is 11.5 Å². The first-order chi connectivity index (χ1) is 4.75. The minimum Gasteiger partial charge on any atom is -0.367 e. The van der Waals surface area contributed by atoms with Gasteiger partial charge in [0, 0.05) is 6.26 Å². The largest absolute Gasteiger partial charge is 0.367 e. The van der Waals surface area contributed by atoms with Crippen molar-refractivity contribution in [3.63, 3.8) is 0 Å². The quantitative estimate of drug-likeness (QED) is 0.556. The molecule has 0 radical (unpaired) electrons. The van der Waals surface area contributed by atoms with Gasteiger partial charge in [-0.05, 0) is 6.42 Å². The fraction of sp³-hybridized carbons (Fsp3) is 0.800. The number of nitrogens with two attached hydrogens (primary N) is 2. The Kier molecular flexibility index (Phi) is 2.63. The molecule has 0 aromatic carbocycles. The van der Waals surface area contributed by atoms with Crippen LogP contribution < -0.4 is 11.5 Å². The Balaban J connectivity index is 5.09. The highest BCUT2D eigenvalue weighted by Crippen LogP contribution is 2.12. The highest BCUT2D eigenvalue weighted by atomic mass is 32.2. The van der Waals surface area contributed by atoms with Gasteiger partial charge in [0.25, 0.3) is 5.91 Å². The predicted octanol–water partition coefficient (Wildman–Crippen LogP) is -1.42. The standard InChI is InChI=1S/C5H12N2O3S/c1-3-5(7,4(6)8)11(2,9)10/h3,7H2,1-2H3,(H2,6,8). The average molecular weight is 180 g/mol. The zero-order valence-electron chi connectivity index (χ0n) is 6.49. The van der Waals surface area contributed by atoms with Crippen molar-refractivity contribution in [3.05, 3.63) is 0 Å². The number of sulfone groups is 1. The smallest absolute Gasteiger partial charge is 0.253 e. The molecule has 0 saturated carbocycles. The van der Waals surface area contributed by atoms with E-state index in [1.54, 1.807) is 0 Å². The number of carbonyl (C=O) groups excluding carboxylic acids is 1. The van der Waals surface area contributed by atoms with E-state index in [4.69, 9.17) is 11.5 Å². The van der Waals surface area contributed by atoms with Gasteiger partial charge in [-0.2, -0.15) is 0 Å². The Morgan fingerprint density at radius 3 is 1.91 bits per heavy atom. The van der Waals surface area contributed by atoms with Crippen LogP contribution in [0.5, 0.6) is 0 Å². The van der Waals surface area contributed by atoms with E-state index in [1.807, 2.05) is 0 Å². The fourth-order valence-electron chi connectivity index (χ4n) is 0.619. The third kappa shape index (κ3) is 1.69. The number of hydrogen-bond acceptors (Lipinski definition) is 4. The van der Waals surface area contributed by atoms with E-state index in [2.05, 4.69) is 0 Å². The first-order valence-electron chi connectivity index (χ1n) is 3.04. The van der Waals surface area contributed by atoms with Gasteiger partial charge in [-0.1, -0.05) is 6.92 Å². The molecule has 0 aliphatic carbocycles. The molecule has 0 heterocycles. The number of rotatable bonds is 3. The average Bonchev–Trinajstić information content (AvgIpc) is 1.83. The van der Waals surface area contributed by atoms with Crippen molar-refractivity contribution in [1.82, 2.24) is 0 Å². The van der Waals surface area contributed by atoms with Gasteiger partial charge >= 0.3 is 0 Å². The molecule has 1 atom stereocenters. The summed E-state index contributed by atoms with van der Waals surface area (Å²) in [5, 5.41) is 0. The Labute approximate surface area is 65.7 Å². The molecule has 11 heavy (non-hydrogen) atoms. The maximum absolute atomic E-state index is 10.9. The van der Waals surface area contributed by atoms with E-state index >= 15 is 0 Å². The maximum atomic E-state index is 10.9. The molecule has 0 saturated heterocycles. The SMILES string of the molecule is CCC(N)(C(N)=O)S(C)(=O)=O. The number of hydrogen-bond donors (Lipinski definition) is 2. The summed E-state index contributed by atoms with van der Waals surface area (Å²) >= 11 is 0. The topological polar surface area (TPSA) is 103 Å². The van der Waals surface area contributed by atoms with Crippen LogP contribution in [0.1, 0.15) is 13.3 Å². The van der Waals surface area contributed by atoms with Crippen LogP contribution in [-0.2, 0) is 14.6 Å². The summed E-state index contributed by atoms with van der Waals surface area (Å²) in [6.45, 7) is 1.49. The zero-order valence-corrected chi connectivity index (χ0v) is 7.31. The lowest BCUT2D eigenvalue weighted by molar-refractivity contribution is -0.120. The van der Waals surface area contributed by atoms with Gasteiger partial charge in [0.05, 0.1) is 0 Å². The summed E-state index contributed by atoms with van der Waals surface area (Å²) in [7, 11) is -3.61. The molecular formula is C5H12N2O3S. The predicted molar refractivity (Wildman–Crippen MR) is 41.2 cm³/mol. The molecule has 4 N–H and O–H groups in total. The van der Waals surface area contributed by atoms with Gasteiger partial charge < -0.3 is 11.5 Å². The third-order valence-corrected chi connectivity index (χ3v) is 3.42. The molecule has 0 aliphatic heterocycles. The van der Waals surface area contributed by atoms with Crippen LogP contribution in [0, 0.1) is 0 Å². The summed E-state index contributed by atoms with van der Waals surface area (Å²) < 4.78 is 21.8. The number of carbonyl (C=O) groups is 1. The molecule has 0 aromatic heterocycles. The minimum atomic E-state index is -3.61. The maximum Gasteiger partial charge on any atom is 0.253 e. The Hall–Kier alpha value is -0.620. The van der Waals surface area contributed by atoms with Crippen LogP contribution in [0.3, 0.4) is 0 Å². The van der Waals surface area contributed by atoms with Crippen molar-refractivity contribution in [2.75, 3.05) is 6.26 Å². The second-order valence-corrected chi connectivity index (χ2v) is 4.65. The Morgan fingerprint density at radius 1 is 1.55 bits per heavy atom. The van der Waals surface area contributed by atoms with Crippen molar-refractivity contribution < 1.29 is 13.2 Å². The molecule has 0 aliphatic rings. The van der Waals surface area contributed by atoms with Crippen molar-refractivity contribution >= 4 is 15.7 Å². The van der Waals surface area contributed by atoms with Gasteiger partial charge in [-0.25, -0.2) is 8.42 Å². The second kappa shape index (κ2) is 2.78. The minimum absolute atomic E-state index is 0.0127. The van der Waals surface area contributed by atoms with E-state index in [9.17, 15) is 13.2 Å². The summed E-state index contributed by atoms with van der Waals surface area (Å²) in [5.41, 5.74) is 10.1.